The Labute approximate surface area is 164 Å². The maximum Gasteiger partial charge on any atom is 0.414 e. The van der Waals surface area contributed by atoms with E-state index in [0.29, 0.717) is 11.8 Å². The number of carboxylic acid groups (broad SMARTS) is 2. The zero-order valence-corrected chi connectivity index (χ0v) is 15.6. The smallest absolute Gasteiger partial charge is 0.414 e. The second-order valence-corrected chi connectivity index (χ2v) is 6.69. The second kappa shape index (κ2) is 11.1. The summed E-state index contributed by atoms with van der Waals surface area (Å²) in [5.41, 5.74) is 2.63. The highest BCUT2D eigenvalue weighted by Crippen LogP contribution is 2.15. The number of rotatable bonds is 5. The third kappa shape index (κ3) is 7.77. The molecule has 0 radical (unpaired) electrons. The number of hydrogen-bond acceptors (Lipinski definition) is 5. The summed E-state index contributed by atoms with van der Waals surface area (Å²) in [5, 5.41) is 27.7. The van der Waals surface area contributed by atoms with E-state index in [2.05, 4.69) is 40.5 Å². The number of aliphatic carboxylic acids is 2. The lowest BCUT2D eigenvalue weighted by atomic mass is 10.0. The van der Waals surface area contributed by atoms with Gasteiger partial charge in [0.2, 0.25) is 0 Å². The fraction of sp³-hybridized carbons (Fsp3) is 0.333. The van der Waals surface area contributed by atoms with Gasteiger partial charge in [0.05, 0.1) is 0 Å². The number of nitrogens with one attached hydrogen (secondary N) is 1. The highest BCUT2D eigenvalue weighted by molar-refractivity contribution is 6.27. The fourth-order valence-electron chi connectivity index (χ4n) is 3.01. The van der Waals surface area contributed by atoms with Crippen LogP contribution in [0.15, 0.2) is 54.6 Å². The molecule has 4 N–H and O–H groups in total. The van der Waals surface area contributed by atoms with Crippen LogP contribution in [0.4, 0.5) is 0 Å². The van der Waals surface area contributed by atoms with Crippen molar-refractivity contribution in [3.63, 3.8) is 0 Å². The van der Waals surface area contributed by atoms with Crippen LogP contribution in [-0.4, -0.2) is 51.3 Å². The lowest BCUT2D eigenvalue weighted by Crippen LogP contribution is -2.41. The van der Waals surface area contributed by atoms with E-state index in [4.69, 9.17) is 19.8 Å². The van der Waals surface area contributed by atoms with Crippen LogP contribution in [0, 0.1) is 0 Å². The number of phenolic OH excluding ortho intramolecular Hbond substituents is 1. The molecule has 0 atom stereocenters. The van der Waals surface area contributed by atoms with E-state index in [0.717, 1.165) is 26.2 Å². The summed E-state index contributed by atoms with van der Waals surface area (Å²) < 4.78 is 0. The Morgan fingerprint density at radius 1 is 0.893 bits per heavy atom. The lowest BCUT2D eigenvalue weighted by Gasteiger charge is -2.32. The van der Waals surface area contributed by atoms with Crippen molar-refractivity contribution in [1.29, 1.82) is 0 Å². The van der Waals surface area contributed by atoms with Crippen molar-refractivity contribution in [2.75, 3.05) is 13.1 Å². The molecule has 1 aliphatic rings. The SMILES string of the molecule is O=C(O)C(=O)O.Oc1ccc(CNC2CCN(Cc3ccccc3)CC2)cc1. The highest BCUT2D eigenvalue weighted by Gasteiger charge is 2.18. The number of carbonyl (C=O) groups is 2. The molecule has 28 heavy (non-hydrogen) atoms. The molecular weight excluding hydrogens is 360 g/mol. The van der Waals surface area contributed by atoms with Crippen LogP contribution in [0.2, 0.25) is 0 Å². The van der Waals surface area contributed by atoms with Gasteiger partial charge in [-0.15, -0.1) is 0 Å². The van der Waals surface area contributed by atoms with E-state index >= 15 is 0 Å². The molecule has 2 aromatic rings. The van der Waals surface area contributed by atoms with Gasteiger partial charge in [-0.2, -0.15) is 0 Å². The molecule has 0 bridgehead atoms. The van der Waals surface area contributed by atoms with Gasteiger partial charge in [-0.3, -0.25) is 4.90 Å². The number of nitrogens with zero attached hydrogens (tertiary/aromatic N) is 1. The molecule has 1 fully saturated rings. The van der Waals surface area contributed by atoms with Crippen LogP contribution < -0.4 is 5.32 Å². The van der Waals surface area contributed by atoms with Crippen molar-refractivity contribution < 1.29 is 24.9 Å². The van der Waals surface area contributed by atoms with Crippen molar-refractivity contribution in [2.45, 2.75) is 32.0 Å². The first-order chi connectivity index (χ1) is 13.4. The molecule has 2 aromatic carbocycles. The summed E-state index contributed by atoms with van der Waals surface area (Å²) in [7, 11) is 0. The van der Waals surface area contributed by atoms with Gasteiger partial charge in [0, 0.05) is 19.1 Å². The molecule has 0 aromatic heterocycles. The van der Waals surface area contributed by atoms with Crippen molar-refractivity contribution in [3.8, 4) is 5.75 Å². The summed E-state index contributed by atoms with van der Waals surface area (Å²) in [6, 6.07) is 18.8. The number of aromatic hydroxyl groups is 1. The lowest BCUT2D eigenvalue weighted by molar-refractivity contribution is -0.159. The molecule has 0 amide bonds. The quantitative estimate of drug-likeness (QED) is 0.584. The van der Waals surface area contributed by atoms with Crippen LogP contribution >= 0.6 is 0 Å². The summed E-state index contributed by atoms with van der Waals surface area (Å²) in [6.07, 6.45) is 2.40. The predicted octanol–water partition coefficient (Wildman–Crippen LogP) is 2.30. The normalized spacial score (nSPS) is 14.7. The van der Waals surface area contributed by atoms with Gasteiger partial charge in [0.1, 0.15) is 5.75 Å². The standard InChI is InChI=1S/C19H24N2O.C2H2O4/c22-19-8-6-16(7-9-19)14-20-18-10-12-21(13-11-18)15-17-4-2-1-3-5-17;3-1(4)2(5)6/h1-9,18,20,22H,10-15H2;(H,3,4)(H,5,6). The van der Waals surface area contributed by atoms with E-state index in [-0.39, 0.29) is 0 Å². The van der Waals surface area contributed by atoms with Crippen LogP contribution in [0.1, 0.15) is 24.0 Å². The van der Waals surface area contributed by atoms with E-state index < -0.39 is 11.9 Å². The Kier molecular flexibility index (Phi) is 8.45. The van der Waals surface area contributed by atoms with E-state index in [1.807, 2.05) is 12.1 Å². The molecule has 0 aliphatic carbocycles. The first kappa shape index (κ1) is 21.4. The Hall–Kier alpha value is -2.90. The monoisotopic (exact) mass is 386 g/mol. The maximum atomic E-state index is 9.30. The van der Waals surface area contributed by atoms with Crippen molar-refractivity contribution >= 4 is 11.9 Å². The summed E-state index contributed by atoms with van der Waals surface area (Å²) >= 11 is 0. The minimum atomic E-state index is -1.82. The summed E-state index contributed by atoms with van der Waals surface area (Å²) in [5.74, 6) is -3.32. The summed E-state index contributed by atoms with van der Waals surface area (Å²) in [4.78, 5) is 20.7. The largest absolute Gasteiger partial charge is 0.508 e. The zero-order chi connectivity index (χ0) is 20.4. The molecule has 0 spiro atoms. The van der Waals surface area contributed by atoms with E-state index in [1.165, 1.54) is 24.0 Å². The molecule has 7 nitrogen and oxygen atoms in total. The van der Waals surface area contributed by atoms with Gasteiger partial charge in [-0.25, -0.2) is 9.59 Å². The second-order valence-electron chi connectivity index (χ2n) is 6.69. The summed E-state index contributed by atoms with van der Waals surface area (Å²) in [6.45, 7) is 4.25. The molecule has 1 aliphatic heterocycles. The Balaban J connectivity index is 0.000000409. The van der Waals surface area contributed by atoms with Gasteiger partial charge in [-0.1, -0.05) is 42.5 Å². The van der Waals surface area contributed by atoms with Gasteiger partial charge in [-0.05, 0) is 49.2 Å². The number of carboxylic acids is 2. The van der Waals surface area contributed by atoms with Gasteiger partial charge < -0.3 is 20.6 Å². The third-order valence-corrected chi connectivity index (χ3v) is 4.55. The Morgan fingerprint density at radius 3 is 2.00 bits per heavy atom. The van der Waals surface area contributed by atoms with Gasteiger partial charge in [0.25, 0.3) is 0 Å². The molecule has 7 heteroatoms. The van der Waals surface area contributed by atoms with Gasteiger partial charge in [0.15, 0.2) is 0 Å². The zero-order valence-electron chi connectivity index (χ0n) is 15.6. The first-order valence-electron chi connectivity index (χ1n) is 9.18. The average molecular weight is 386 g/mol. The number of phenols is 1. The van der Waals surface area contributed by atoms with E-state index in [1.54, 1.807) is 12.1 Å². The fourth-order valence-corrected chi connectivity index (χ4v) is 3.01. The molecule has 0 saturated carbocycles. The highest BCUT2D eigenvalue weighted by atomic mass is 16.4. The molecule has 3 rings (SSSR count). The minimum Gasteiger partial charge on any atom is -0.508 e. The van der Waals surface area contributed by atoms with Gasteiger partial charge >= 0.3 is 11.9 Å². The van der Waals surface area contributed by atoms with Crippen LogP contribution in [0.5, 0.6) is 5.75 Å². The Morgan fingerprint density at radius 2 is 1.46 bits per heavy atom. The molecule has 1 heterocycles. The average Bonchev–Trinajstić information content (AvgIpc) is 2.70. The predicted molar refractivity (Wildman–Crippen MR) is 105 cm³/mol. The van der Waals surface area contributed by atoms with Crippen LogP contribution in [0.25, 0.3) is 0 Å². The first-order valence-corrected chi connectivity index (χ1v) is 9.18. The van der Waals surface area contributed by atoms with Crippen LogP contribution in [0.3, 0.4) is 0 Å². The van der Waals surface area contributed by atoms with Crippen molar-refractivity contribution in [1.82, 2.24) is 10.2 Å². The third-order valence-electron chi connectivity index (χ3n) is 4.55. The maximum absolute atomic E-state index is 9.30. The van der Waals surface area contributed by atoms with Crippen LogP contribution in [-0.2, 0) is 22.7 Å². The molecule has 0 unspecified atom stereocenters. The Bertz CT molecular complexity index is 729. The van der Waals surface area contributed by atoms with E-state index in [9.17, 15) is 5.11 Å². The van der Waals surface area contributed by atoms with Crippen molar-refractivity contribution in [3.05, 3.63) is 65.7 Å². The topological polar surface area (TPSA) is 110 Å². The minimum absolute atomic E-state index is 0.331. The molecule has 1 saturated heterocycles. The number of piperidine rings is 1. The molecular formula is C21H26N2O5. The number of likely N-dealkylation sites (tertiary alicyclic amines) is 1. The number of hydrogen-bond donors (Lipinski definition) is 4. The molecule has 150 valence electrons. The van der Waals surface area contributed by atoms with Crippen molar-refractivity contribution in [2.24, 2.45) is 0 Å². The number of benzene rings is 2.